The van der Waals surface area contributed by atoms with Gasteiger partial charge < -0.3 is 10.5 Å². The summed E-state index contributed by atoms with van der Waals surface area (Å²) in [5.74, 6) is 1.93. The summed E-state index contributed by atoms with van der Waals surface area (Å²) in [4.78, 5) is 2.66. The molecule has 1 saturated heterocycles. The Morgan fingerprint density at radius 3 is 2.70 bits per heavy atom. The van der Waals surface area contributed by atoms with Crippen LogP contribution in [-0.2, 0) is 6.54 Å². The van der Waals surface area contributed by atoms with Gasteiger partial charge in [0.2, 0.25) is 0 Å². The molecule has 1 aliphatic heterocycles. The van der Waals surface area contributed by atoms with Gasteiger partial charge in [0, 0.05) is 19.1 Å². The molecule has 3 nitrogen and oxygen atoms in total. The fourth-order valence-electron chi connectivity index (χ4n) is 3.84. The molecule has 0 spiro atoms. The number of likely N-dealkylation sites (tertiary alicyclic amines) is 1. The Balaban J connectivity index is 1.46. The van der Waals surface area contributed by atoms with Crippen LogP contribution < -0.4 is 10.5 Å². The van der Waals surface area contributed by atoms with Crippen LogP contribution >= 0.6 is 0 Å². The summed E-state index contributed by atoms with van der Waals surface area (Å²) >= 11 is 0. The first-order chi connectivity index (χ1) is 9.86. The molecule has 2 unspecified atom stereocenters. The van der Waals surface area contributed by atoms with Gasteiger partial charge in [0.05, 0.1) is 0 Å². The molecule has 0 amide bonds. The summed E-state index contributed by atoms with van der Waals surface area (Å²) in [7, 11) is 0. The van der Waals surface area contributed by atoms with E-state index in [0.29, 0.717) is 6.54 Å². The molecule has 0 aromatic heterocycles. The molecular formula is C17H26N2O. The van der Waals surface area contributed by atoms with E-state index in [1.54, 1.807) is 0 Å². The standard InChI is InChI=1S/C17H26N2O/c18-13-14-6-8-16(9-7-14)20-12-11-19-10-2-4-15-3-1-5-17(15)19/h6-9,15,17H,1-5,10-13,18H2. The molecule has 110 valence electrons. The van der Waals surface area contributed by atoms with Crippen LogP contribution in [0.5, 0.6) is 5.75 Å². The lowest BCUT2D eigenvalue weighted by atomic mass is 9.92. The van der Waals surface area contributed by atoms with Crippen LogP contribution in [0.1, 0.15) is 37.7 Å². The van der Waals surface area contributed by atoms with Gasteiger partial charge >= 0.3 is 0 Å². The molecule has 0 radical (unpaired) electrons. The molecule has 1 heterocycles. The van der Waals surface area contributed by atoms with Gasteiger partial charge in [0.25, 0.3) is 0 Å². The third kappa shape index (κ3) is 3.15. The highest BCUT2D eigenvalue weighted by atomic mass is 16.5. The van der Waals surface area contributed by atoms with Gasteiger partial charge in [-0.3, -0.25) is 4.90 Å². The van der Waals surface area contributed by atoms with Crippen LogP contribution in [0.4, 0.5) is 0 Å². The van der Waals surface area contributed by atoms with E-state index in [9.17, 15) is 0 Å². The predicted molar refractivity (Wildman–Crippen MR) is 81.8 cm³/mol. The normalized spacial score (nSPS) is 26.4. The SMILES string of the molecule is NCc1ccc(OCCN2CCCC3CCCC32)cc1. The van der Waals surface area contributed by atoms with E-state index in [1.165, 1.54) is 38.6 Å². The van der Waals surface area contributed by atoms with Crippen molar-refractivity contribution >= 4 is 0 Å². The maximum Gasteiger partial charge on any atom is 0.119 e. The van der Waals surface area contributed by atoms with Crippen LogP contribution in [0.25, 0.3) is 0 Å². The zero-order valence-electron chi connectivity index (χ0n) is 12.3. The van der Waals surface area contributed by atoms with Crippen molar-refractivity contribution < 1.29 is 4.74 Å². The predicted octanol–water partition coefficient (Wildman–Crippen LogP) is 2.79. The van der Waals surface area contributed by atoms with Crippen LogP contribution in [0.3, 0.4) is 0 Å². The summed E-state index contributed by atoms with van der Waals surface area (Å²) in [6, 6.07) is 8.98. The Morgan fingerprint density at radius 1 is 1.10 bits per heavy atom. The summed E-state index contributed by atoms with van der Waals surface area (Å²) in [5, 5.41) is 0. The molecule has 2 aliphatic rings. The van der Waals surface area contributed by atoms with Crippen molar-refractivity contribution in [3.63, 3.8) is 0 Å². The number of piperidine rings is 1. The van der Waals surface area contributed by atoms with Crippen LogP contribution in [-0.4, -0.2) is 30.6 Å². The number of ether oxygens (including phenoxy) is 1. The third-order valence-corrected chi connectivity index (χ3v) is 4.91. The van der Waals surface area contributed by atoms with Gasteiger partial charge in [0.1, 0.15) is 12.4 Å². The van der Waals surface area contributed by atoms with Gasteiger partial charge in [-0.2, -0.15) is 0 Å². The van der Waals surface area contributed by atoms with Gasteiger partial charge in [-0.05, 0) is 55.8 Å². The van der Waals surface area contributed by atoms with Crippen LogP contribution in [0.2, 0.25) is 0 Å². The zero-order valence-corrected chi connectivity index (χ0v) is 12.3. The molecule has 3 rings (SSSR count). The average molecular weight is 274 g/mol. The Morgan fingerprint density at radius 2 is 1.90 bits per heavy atom. The van der Waals surface area contributed by atoms with E-state index in [2.05, 4.69) is 4.90 Å². The fraction of sp³-hybridized carbons (Fsp3) is 0.647. The van der Waals surface area contributed by atoms with Gasteiger partial charge in [0.15, 0.2) is 0 Å². The zero-order chi connectivity index (χ0) is 13.8. The van der Waals surface area contributed by atoms with Crippen molar-refractivity contribution in [1.82, 2.24) is 4.90 Å². The van der Waals surface area contributed by atoms with Gasteiger partial charge in [-0.15, -0.1) is 0 Å². The molecule has 1 saturated carbocycles. The lowest BCUT2D eigenvalue weighted by Crippen LogP contribution is -2.44. The highest BCUT2D eigenvalue weighted by molar-refractivity contribution is 5.27. The molecule has 2 N–H and O–H groups in total. The van der Waals surface area contributed by atoms with E-state index in [0.717, 1.165) is 36.4 Å². The molecule has 2 atom stereocenters. The van der Waals surface area contributed by atoms with Crippen molar-refractivity contribution in [1.29, 1.82) is 0 Å². The second-order valence-corrected chi connectivity index (χ2v) is 6.13. The van der Waals surface area contributed by atoms with E-state index in [4.69, 9.17) is 10.5 Å². The second kappa shape index (κ2) is 6.59. The third-order valence-electron chi connectivity index (χ3n) is 4.91. The number of hydrogen-bond donors (Lipinski definition) is 1. The van der Waals surface area contributed by atoms with E-state index in [-0.39, 0.29) is 0 Å². The highest BCUT2D eigenvalue weighted by Gasteiger charge is 2.34. The van der Waals surface area contributed by atoms with Crippen molar-refractivity contribution in [3.8, 4) is 5.75 Å². The number of hydrogen-bond acceptors (Lipinski definition) is 3. The largest absolute Gasteiger partial charge is 0.492 e. The van der Waals surface area contributed by atoms with Crippen LogP contribution in [0, 0.1) is 5.92 Å². The minimum atomic E-state index is 0.594. The monoisotopic (exact) mass is 274 g/mol. The highest BCUT2D eigenvalue weighted by Crippen LogP contribution is 2.36. The molecule has 2 fully saturated rings. The molecule has 1 aromatic carbocycles. The fourth-order valence-corrected chi connectivity index (χ4v) is 3.84. The summed E-state index contributed by atoms with van der Waals surface area (Å²) in [6.07, 6.45) is 7.08. The number of nitrogens with zero attached hydrogens (tertiary/aromatic N) is 1. The first-order valence-corrected chi connectivity index (χ1v) is 8.02. The first-order valence-electron chi connectivity index (χ1n) is 8.02. The van der Waals surface area contributed by atoms with Crippen molar-refractivity contribution in [3.05, 3.63) is 29.8 Å². The maximum absolute atomic E-state index is 5.87. The topological polar surface area (TPSA) is 38.5 Å². The van der Waals surface area contributed by atoms with Crippen LogP contribution in [0.15, 0.2) is 24.3 Å². The molecule has 1 aliphatic carbocycles. The second-order valence-electron chi connectivity index (χ2n) is 6.13. The maximum atomic E-state index is 5.87. The minimum Gasteiger partial charge on any atom is -0.492 e. The lowest BCUT2D eigenvalue weighted by molar-refractivity contribution is 0.0951. The number of nitrogens with two attached hydrogens (primary N) is 1. The Kier molecular flexibility index (Phi) is 4.58. The number of fused-ring (bicyclic) bond motifs is 1. The van der Waals surface area contributed by atoms with E-state index in [1.807, 2.05) is 24.3 Å². The molecule has 1 aromatic rings. The summed E-state index contributed by atoms with van der Waals surface area (Å²) in [5.41, 5.74) is 6.75. The molecule has 0 bridgehead atoms. The average Bonchev–Trinajstić information content (AvgIpc) is 2.97. The van der Waals surface area contributed by atoms with Gasteiger partial charge in [-0.1, -0.05) is 18.6 Å². The first kappa shape index (κ1) is 13.9. The van der Waals surface area contributed by atoms with Crippen molar-refractivity contribution in [2.75, 3.05) is 19.7 Å². The van der Waals surface area contributed by atoms with E-state index < -0.39 is 0 Å². The Bertz CT molecular complexity index is 418. The Labute approximate surface area is 122 Å². The minimum absolute atomic E-state index is 0.594. The summed E-state index contributed by atoms with van der Waals surface area (Å²) in [6.45, 7) is 3.72. The van der Waals surface area contributed by atoms with Gasteiger partial charge in [-0.25, -0.2) is 0 Å². The number of benzene rings is 1. The molecule has 3 heteroatoms. The lowest BCUT2D eigenvalue weighted by Gasteiger charge is -2.37. The molecule has 20 heavy (non-hydrogen) atoms. The number of rotatable bonds is 5. The van der Waals surface area contributed by atoms with Crippen molar-refractivity contribution in [2.24, 2.45) is 11.7 Å². The summed E-state index contributed by atoms with van der Waals surface area (Å²) < 4.78 is 5.87. The Hall–Kier alpha value is -1.06. The van der Waals surface area contributed by atoms with E-state index >= 15 is 0 Å². The smallest absolute Gasteiger partial charge is 0.119 e. The molecular weight excluding hydrogens is 248 g/mol. The van der Waals surface area contributed by atoms with Crippen molar-refractivity contribution in [2.45, 2.75) is 44.7 Å². The quantitative estimate of drug-likeness (QED) is 0.897.